The van der Waals surface area contributed by atoms with Crippen molar-refractivity contribution < 1.29 is 23.6 Å². The van der Waals surface area contributed by atoms with Crippen molar-refractivity contribution in [1.82, 2.24) is 5.16 Å². The zero-order valence-electron chi connectivity index (χ0n) is 14.8. The van der Waals surface area contributed by atoms with Gasteiger partial charge in [-0.15, -0.1) is 0 Å². The quantitative estimate of drug-likeness (QED) is 0.650. The molecular formula is C19H23NO5. The maximum Gasteiger partial charge on any atom is 0.310 e. The molecular weight excluding hydrogens is 322 g/mol. The number of benzene rings is 1. The summed E-state index contributed by atoms with van der Waals surface area (Å²) in [6.45, 7) is 3.62. The molecule has 0 aliphatic rings. The average molecular weight is 345 g/mol. The number of hydrogen-bond donors (Lipinski definition) is 0. The molecule has 2 aromatic rings. The van der Waals surface area contributed by atoms with Crippen LogP contribution in [-0.2, 0) is 27.2 Å². The van der Waals surface area contributed by atoms with E-state index in [9.17, 15) is 9.59 Å². The highest BCUT2D eigenvalue weighted by Gasteiger charge is 2.21. The average Bonchev–Trinajstić information content (AvgIpc) is 3.03. The Kier molecular flexibility index (Phi) is 6.74. The van der Waals surface area contributed by atoms with Crippen LogP contribution in [0.3, 0.4) is 0 Å². The number of carbonyl (C=O) groups excluding carboxylic acids is 2. The number of aromatic nitrogens is 1. The van der Waals surface area contributed by atoms with Gasteiger partial charge in [0.15, 0.2) is 11.9 Å². The van der Waals surface area contributed by atoms with Gasteiger partial charge in [0.05, 0.1) is 19.2 Å². The first kappa shape index (κ1) is 18.7. The van der Waals surface area contributed by atoms with Crippen LogP contribution in [0.2, 0.25) is 0 Å². The minimum absolute atomic E-state index is 0.105. The van der Waals surface area contributed by atoms with Crippen molar-refractivity contribution in [2.45, 2.75) is 45.6 Å². The maximum absolute atomic E-state index is 12.3. The molecule has 0 amide bonds. The number of esters is 1. The summed E-state index contributed by atoms with van der Waals surface area (Å²) in [4.78, 5) is 24.4. The predicted molar refractivity (Wildman–Crippen MR) is 91.4 cm³/mol. The van der Waals surface area contributed by atoms with Crippen LogP contribution in [0.15, 0.2) is 34.9 Å². The lowest BCUT2D eigenvalue weighted by atomic mass is 10.1. The monoisotopic (exact) mass is 345 g/mol. The Hall–Kier alpha value is -2.63. The van der Waals surface area contributed by atoms with E-state index in [1.807, 2.05) is 6.92 Å². The summed E-state index contributed by atoms with van der Waals surface area (Å²) < 4.78 is 15.4. The molecule has 0 fully saturated rings. The SMILES string of the molecule is CCC(OC(=O)Cc1ccc(OC)cc1)C(=O)CCc1cc(C)on1. The van der Waals surface area contributed by atoms with Crippen molar-refractivity contribution in [2.24, 2.45) is 0 Å². The van der Waals surface area contributed by atoms with E-state index in [2.05, 4.69) is 5.16 Å². The van der Waals surface area contributed by atoms with Gasteiger partial charge in [0.1, 0.15) is 11.5 Å². The van der Waals surface area contributed by atoms with Gasteiger partial charge in [-0.25, -0.2) is 0 Å². The predicted octanol–water partition coefficient (Wildman–Crippen LogP) is 3.06. The zero-order valence-corrected chi connectivity index (χ0v) is 14.8. The number of methoxy groups -OCH3 is 1. The lowest BCUT2D eigenvalue weighted by Gasteiger charge is -2.15. The number of aryl methyl sites for hydroxylation is 2. The Labute approximate surface area is 147 Å². The van der Waals surface area contributed by atoms with Gasteiger partial charge in [0, 0.05) is 18.9 Å². The van der Waals surface area contributed by atoms with Crippen LogP contribution in [0.4, 0.5) is 0 Å². The minimum Gasteiger partial charge on any atom is -0.497 e. The van der Waals surface area contributed by atoms with Gasteiger partial charge in [-0.05, 0) is 31.0 Å². The van der Waals surface area contributed by atoms with Gasteiger partial charge in [0.25, 0.3) is 0 Å². The molecule has 0 N–H and O–H groups in total. The van der Waals surface area contributed by atoms with Crippen LogP contribution >= 0.6 is 0 Å². The van der Waals surface area contributed by atoms with Gasteiger partial charge in [-0.3, -0.25) is 9.59 Å². The van der Waals surface area contributed by atoms with E-state index in [4.69, 9.17) is 14.0 Å². The van der Waals surface area contributed by atoms with E-state index in [0.29, 0.717) is 18.6 Å². The molecule has 0 radical (unpaired) electrons. The van der Waals surface area contributed by atoms with Crippen molar-refractivity contribution in [1.29, 1.82) is 0 Å². The molecule has 0 saturated carbocycles. The first-order valence-corrected chi connectivity index (χ1v) is 8.29. The number of ketones is 1. The lowest BCUT2D eigenvalue weighted by molar-refractivity contribution is -0.154. The van der Waals surface area contributed by atoms with Crippen molar-refractivity contribution in [3.8, 4) is 5.75 Å². The van der Waals surface area contributed by atoms with Crippen LogP contribution in [0.1, 0.15) is 36.8 Å². The second-order valence-electron chi connectivity index (χ2n) is 5.81. The fourth-order valence-electron chi connectivity index (χ4n) is 2.44. The molecule has 0 aliphatic carbocycles. The fraction of sp³-hybridized carbons (Fsp3) is 0.421. The number of rotatable bonds is 9. The molecule has 0 saturated heterocycles. The topological polar surface area (TPSA) is 78.6 Å². The van der Waals surface area contributed by atoms with Gasteiger partial charge in [0.2, 0.25) is 0 Å². The number of carbonyl (C=O) groups is 2. The fourth-order valence-corrected chi connectivity index (χ4v) is 2.44. The molecule has 0 bridgehead atoms. The van der Waals surface area contributed by atoms with Gasteiger partial charge >= 0.3 is 5.97 Å². The molecule has 6 nitrogen and oxygen atoms in total. The van der Waals surface area contributed by atoms with Gasteiger partial charge in [-0.1, -0.05) is 24.2 Å². The molecule has 1 heterocycles. The highest BCUT2D eigenvalue weighted by atomic mass is 16.5. The zero-order chi connectivity index (χ0) is 18.2. The highest BCUT2D eigenvalue weighted by Crippen LogP contribution is 2.14. The van der Waals surface area contributed by atoms with E-state index in [1.54, 1.807) is 44.4 Å². The third-order valence-corrected chi connectivity index (χ3v) is 3.82. The Morgan fingerprint density at radius 3 is 2.52 bits per heavy atom. The largest absolute Gasteiger partial charge is 0.497 e. The van der Waals surface area contributed by atoms with Crippen LogP contribution < -0.4 is 4.74 Å². The first-order chi connectivity index (χ1) is 12.0. The summed E-state index contributed by atoms with van der Waals surface area (Å²) in [6, 6.07) is 8.96. The molecule has 0 aliphatic heterocycles. The molecule has 134 valence electrons. The highest BCUT2D eigenvalue weighted by molar-refractivity contribution is 5.86. The van der Waals surface area contributed by atoms with Gasteiger partial charge in [-0.2, -0.15) is 0 Å². The van der Waals surface area contributed by atoms with Gasteiger partial charge < -0.3 is 14.0 Å². The second kappa shape index (κ2) is 9.01. The van der Waals surface area contributed by atoms with Crippen LogP contribution in [0.25, 0.3) is 0 Å². The van der Waals surface area contributed by atoms with Crippen LogP contribution in [-0.4, -0.2) is 30.1 Å². The Morgan fingerprint density at radius 1 is 1.24 bits per heavy atom. The number of nitrogens with zero attached hydrogens (tertiary/aromatic N) is 1. The third kappa shape index (κ3) is 5.74. The standard InChI is InChI=1S/C19H23NO5/c1-4-18(17(21)10-7-15-11-13(2)25-20-15)24-19(22)12-14-5-8-16(23-3)9-6-14/h5-6,8-9,11,18H,4,7,10,12H2,1-3H3. The summed E-state index contributed by atoms with van der Waals surface area (Å²) in [7, 11) is 1.58. The maximum atomic E-state index is 12.3. The van der Waals surface area contributed by atoms with E-state index >= 15 is 0 Å². The lowest BCUT2D eigenvalue weighted by Crippen LogP contribution is -2.27. The molecule has 25 heavy (non-hydrogen) atoms. The summed E-state index contributed by atoms with van der Waals surface area (Å²) in [5.41, 5.74) is 1.54. The minimum atomic E-state index is -0.723. The number of hydrogen-bond acceptors (Lipinski definition) is 6. The molecule has 1 aromatic heterocycles. The summed E-state index contributed by atoms with van der Waals surface area (Å²) in [6.07, 6.45) is 0.586. The molecule has 1 aromatic carbocycles. The Balaban J connectivity index is 1.84. The summed E-state index contributed by atoms with van der Waals surface area (Å²) >= 11 is 0. The first-order valence-electron chi connectivity index (χ1n) is 8.29. The van der Waals surface area contributed by atoms with E-state index in [1.165, 1.54) is 0 Å². The summed E-state index contributed by atoms with van der Waals surface area (Å²) in [5, 5.41) is 3.86. The van der Waals surface area contributed by atoms with Crippen molar-refractivity contribution in [3.63, 3.8) is 0 Å². The molecule has 0 spiro atoms. The Bertz CT molecular complexity index is 705. The molecule has 6 heteroatoms. The van der Waals surface area contributed by atoms with Crippen molar-refractivity contribution in [3.05, 3.63) is 47.3 Å². The van der Waals surface area contributed by atoms with Crippen LogP contribution in [0.5, 0.6) is 5.75 Å². The van der Waals surface area contributed by atoms with Crippen LogP contribution in [0, 0.1) is 6.92 Å². The second-order valence-corrected chi connectivity index (χ2v) is 5.81. The van der Waals surface area contributed by atoms with E-state index in [0.717, 1.165) is 17.0 Å². The summed E-state index contributed by atoms with van der Waals surface area (Å²) in [5.74, 6) is 0.913. The van der Waals surface area contributed by atoms with E-state index < -0.39 is 12.1 Å². The number of Topliss-reactive ketones (excluding diaryl/α,β-unsaturated/α-hetero) is 1. The van der Waals surface area contributed by atoms with Crippen molar-refractivity contribution >= 4 is 11.8 Å². The number of ether oxygens (including phenoxy) is 2. The molecule has 2 rings (SSSR count). The Morgan fingerprint density at radius 2 is 1.96 bits per heavy atom. The smallest absolute Gasteiger partial charge is 0.310 e. The molecule has 1 unspecified atom stereocenters. The third-order valence-electron chi connectivity index (χ3n) is 3.82. The normalized spacial score (nSPS) is 11.8. The van der Waals surface area contributed by atoms with E-state index in [-0.39, 0.29) is 18.6 Å². The van der Waals surface area contributed by atoms with Crippen molar-refractivity contribution in [2.75, 3.05) is 7.11 Å². The molecule has 1 atom stereocenters.